The fourth-order valence-electron chi connectivity index (χ4n) is 1.32. The lowest BCUT2D eigenvalue weighted by molar-refractivity contribution is -0.383. The highest BCUT2D eigenvalue weighted by Gasteiger charge is 2.41. The summed E-state index contributed by atoms with van der Waals surface area (Å²) in [7, 11) is 0. The molecule has 1 aliphatic rings. The summed E-state index contributed by atoms with van der Waals surface area (Å²) >= 11 is 0. The van der Waals surface area contributed by atoms with Gasteiger partial charge in [-0.2, -0.15) is 0 Å². The number of rotatable bonds is 1. The molecule has 0 amide bonds. The summed E-state index contributed by atoms with van der Waals surface area (Å²) in [5.41, 5.74) is 3.49. The maximum Gasteiger partial charge on any atom is 0.306 e. The monoisotopic (exact) mass is 144 g/mol. The van der Waals surface area contributed by atoms with Gasteiger partial charge in [-0.15, -0.1) is 0 Å². The summed E-state index contributed by atoms with van der Waals surface area (Å²) in [6.07, 6.45) is 0.538. The molecule has 1 fully saturated rings. The van der Waals surface area contributed by atoms with Crippen LogP contribution in [-0.2, 0) is 9.53 Å². The first-order valence-corrected chi connectivity index (χ1v) is 3.57. The van der Waals surface area contributed by atoms with Gasteiger partial charge < -0.3 is 10.5 Å². The summed E-state index contributed by atoms with van der Waals surface area (Å²) in [5.74, 6) is 0.221. The van der Waals surface area contributed by atoms with Crippen LogP contribution in [-0.4, -0.2) is 18.1 Å². The number of ether oxygens (including phenoxy) is 1. The SMILES string of the molecule is CC1(C)OC(=O)CC1C[NH3+]. The van der Waals surface area contributed by atoms with Crippen LogP contribution in [0, 0.1) is 5.92 Å². The van der Waals surface area contributed by atoms with Crippen molar-refractivity contribution < 1.29 is 15.3 Å². The second-order valence-corrected chi connectivity index (χ2v) is 3.27. The smallest absolute Gasteiger partial charge is 0.306 e. The first kappa shape index (κ1) is 7.54. The van der Waals surface area contributed by atoms with Crippen molar-refractivity contribution >= 4 is 5.97 Å². The van der Waals surface area contributed by atoms with E-state index in [1.807, 2.05) is 13.8 Å². The molecule has 1 atom stereocenters. The van der Waals surface area contributed by atoms with Gasteiger partial charge in [0.2, 0.25) is 0 Å². The zero-order valence-corrected chi connectivity index (χ0v) is 6.52. The zero-order chi connectivity index (χ0) is 7.78. The van der Waals surface area contributed by atoms with E-state index in [0.717, 1.165) is 6.54 Å². The molecule has 0 aliphatic carbocycles. The van der Waals surface area contributed by atoms with Gasteiger partial charge in [-0.3, -0.25) is 4.79 Å². The quantitative estimate of drug-likeness (QED) is 0.508. The molecule has 1 saturated heterocycles. The molecule has 1 unspecified atom stereocenters. The Kier molecular flexibility index (Phi) is 1.68. The number of quaternary nitrogens is 1. The molecule has 0 saturated carbocycles. The van der Waals surface area contributed by atoms with Gasteiger partial charge in [0.05, 0.1) is 18.9 Å². The Balaban J connectivity index is 2.67. The maximum atomic E-state index is 10.8. The highest BCUT2D eigenvalue weighted by molar-refractivity contribution is 5.72. The number of esters is 1. The van der Waals surface area contributed by atoms with E-state index < -0.39 is 0 Å². The van der Waals surface area contributed by atoms with Crippen molar-refractivity contribution in [2.24, 2.45) is 5.92 Å². The molecule has 0 aromatic rings. The third kappa shape index (κ3) is 1.14. The number of carbonyl (C=O) groups is 1. The van der Waals surface area contributed by atoms with Gasteiger partial charge in [-0.25, -0.2) is 0 Å². The van der Waals surface area contributed by atoms with Crippen molar-refractivity contribution in [3.05, 3.63) is 0 Å². The van der Waals surface area contributed by atoms with Crippen LogP contribution in [0.25, 0.3) is 0 Å². The van der Waals surface area contributed by atoms with Gasteiger partial charge in [0.15, 0.2) is 0 Å². The highest BCUT2D eigenvalue weighted by atomic mass is 16.6. The van der Waals surface area contributed by atoms with Crippen LogP contribution in [0.4, 0.5) is 0 Å². The standard InChI is InChI=1S/C7H13NO2/c1-7(2)5(4-8)3-6(9)10-7/h5H,3-4,8H2,1-2H3/p+1. The molecule has 0 aromatic carbocycles. The Hall–Kier alpha value is -0.570. The average Bonchev–Trinajstić information content (AvgIpc) is 2.04. The first-order chi connectivity index (χ1) is 4.56. The molecule has 58 valence electrons. The predicted molar refractivity (Wildman–Crippen MR) is 36.0 cm³/mol. The zero-order valence-electron chi connectivity index (χ0n) is 6.52. The second-order valence-electron chi connectivity index (χ2n) is 3.27. The number of cyclic esters (lactones) is 1. The summed E-state index contributed by atoms with van der Waals surface area (Å²) in [5, 5.41) is 0. The van der Waals surface area contributed by atoms with E-state index in [0.29, 0.717) is 12.3 Å². The van der Waals surface area contributed by atoms with Crippen LogP contribution in [0.3, 0.4) is 0 Å². The van der Waals surface area contributed by atoms with Crippen molar-refractivity contribution in [3.63, 3.8) is 0 Å². The summed E-state index contributed by atoms with van der Waals surface area (Å²) in [4.78, 5) is 10.8. The fraction of sp³-hybridized carbons (Fsp3) is 0.857. The van der Waals surface area contributed by atoms with Crippen LogP contribution < -0.4 is 5.73 Å². The van der Waals surface area contributed by atoms with E-state index in [1.54, 1.807) is 0 Å². The predicted octanol–water partition coefficient (Wildman–Crippen LogP) is -0.430. The van der Waals surface area contributed by atoms with Gasteiger partial charge in [0.25, 0.3) is 0 Å². The lowest BCUT2D eigenvalue weighted by atomic mass is 9.91. The molecule has 0 radical (unpaired) electrons. The maximum absolute atomic E-state index is 10.8. The molecule has 0 aromatic heterocycles. The largest absolute Gasteiger partial charge is 0.459 e. The van der Waals surface area contributed by atoms with E-state index >= 15 is 0 Å². The molecule has 10 heavy (non-hydrogen) atoms. The van der Waals surface area contributed by atoms with Crippen LogP contribution in [0.1, 0.15) is 20.3 Å². The average molecular weight is 144 g/mol. The van der Waals surface area contributed by atoms with Crippen LogP contribution >= 0.6 is 0 Å². The molecular formula is C7H14NO2+. The Labute approximate surface area is 60.5 Å². The normalized spacial score (nSPS) is 30.3. The molecule has 3 nitrogen and oxygen atoms in total. The lowest BCUT2D eigenvalue weighted by Crippen LogP contribution is -2.56. The third-order valence-electron chi connectivity index (χ3n) is 2.12. The van der Waals surface area contributed by atoms with E-state index in [9.17, 15) is 4.79 Å². The molecule has 1 aliphatic heterocycles. The Morgan fingerprint density at radius 1 is 1.80 bits per heavy atom. The van der Waals surface area contributed by atoms with Crippen molar-refractivity contribution in [2.75, 3.05) is 6.54 Å². The fourth-order valence-corrected chi connectivity index (χ4v) is 1.32. The van der Waals surface area contributed by atoms with Gasteiger partial charge in [-0.1, -0.05) is 0 Å². The first-order valence-electron chi connectivity index (χ1n) is 3.57. The van der Waals surface area contributed by atoms with E-state index in [4.69, 9.17) is 4.74 Å². The molecule has 1 heterocycles. The molecule has 3 N–H and O–H groups in total. The molecule has 0 spiro atoms. The van der Waals surface area contributed by atoms with Gasteiger partial charge >= 0.3 is 5.97 Å². The van der Waals surface area contributed by atoms with Crippen LogP contribution in [0.5, 0.6) is 0 Å². The topological polar surface area (TPSA) is 53.9 Å². The molecule has 1 rings (SSSR count). The van der Waals surface area contributed by atoms with Gasteiger partial charge in [-0.05, 0) is 13.8 Å². The van der Waals surface area contributed by atoms with Crippen LogP contribution in [0.2, 0.25) is 0 Å². The van der Waals surface area contributed by atoms with Crippen molar-refractivity contribution in [3.8, 4) is 0 Å². The highest BCUT2D eigenvalue weighted by Crippen LogP contribution is 2.30. The Morgan fingerprint density at radius 2 is 2.40 bits per heavy atom. The lowest BCUT2D eigenvalue weighted by Gasteiger charge is -2.21. The number of hydrogen-bond acceptors (Lipinski definition) is 2. The minimum atomic E-state index is -0.279. The van der Waals surface area contributed by atoms with Crippen molar-refractivity contribution in [1.82, 2.24) is 0 Å². The van der Waals surface area contributed by atoms with E-state index in [2.05, 4.69) is 5.73 Å². The van der Waals surface area contributed by atoms with E-state index in [1.165, 1.54) is 0 Å². The number of hydrogen-bond donors (Lipinski definition) is 1. The van der Waals surface area contributed by atoms with E-state index in [-0.39, 0.29) is 11.6 Å². The second kappa shape index (κ2) is 2.23. The third-order valence-corrected chi connectivity index (χ3v) is 2.12. The molecule has 3 heteroatoms. The molecular weight excluding hydrogens is 130 g/mol. The minimum Gasteiger partial charge on any atom is -0.459 e. The van der Waals surface area contributed by atoms with Crippen LogP contribution in [0.15, 0.2) is 0 Å². The van der Waals surface area contributed by atoms with Crippen molar-refractivity contribution in [2.45, 2.75) is 25.9 Å². The Morgan fingerprint density at radius 3 is 2.60 bits per heavy atom. The van der Waals surface area contributed by atoms with Gasteiger partial charge in [0.1, 0.15) is 5.60 Å². The Bertz CT molecular complexity index is 154. The van der Waals surface area contributed by atoms with Crippen molar-refractivity contribution in [1.29, 1.82) is 0 Å². The molecule has 0 bridgehead atoms. The summed E-state index contributed by atoms with van der Waals surface area (Å²) < 4.78 is 5.07. The minimum absolute atomic E-state index is 0.0846. The summed E-state index contributed by atoms with van der Waals surface area (Å²) in [6, 6.07) is 0. The van der Waals surface area contributed by atoms with Gasteiger partial charge in [0, 0.05) is 0 Å². The number of carbonyl (C=O) groups excluding carboxylic acids is 1. The summed E-state index contributed by atoms with van der Waals surface area (Å²) in [6.45, 7) is 4.65.